The van der Waals surface area contributed by atoms with Crippen molar-refractivity contribution in [3.63, 3.8) is 0 Å². The molecular formula is C22H25ClN4O2S. The number of hydrogen-bond acceptors (Lipinski definition) is 6. The first-order valence-corrected chi connectivity index (χ1v) is 11.4. The van der Waals surface area contributed by atoms with Gasteiger partial charge in [0.15, 0.2) is 11.0 Å². The molecule has 2 heterocycles. The average Bonchev–Trinajstić information content (AvgIpc) is 3.17. The molecule has 1 aliphatic heterocycles. The van der Waals surface area contributed by atoms with Crippen molar-refractivity contribution >= 4 is 23.4 Å². The fraction of sp³-hybridized carbons (Fsp3) is 0.364. The minimum absolute atomic E-state index is 0.326. The summed E-state index contributed by atoms with van der Waals surface area (Å²) in [6.07, 6.45) is 0. The summed E-state index contributed by atoms with van der Waals surface area (Å²) in [7, 11) is 0. The van der Waals surface area contributed by atoms with Gasteiger partial charge in [-0.15, -0.1) is 10.2 Å². The molecule has 1 aromatic heterocycles. The number of ether oxygens (including phenoxy) is 2. The number of halogens is 1. The highest BCUT2D eigenvalue weighted by Crippen LogP contribution is 2.24. The molecule has 30 heavy (non-hydrogen) atoms. The molecule has 0 radical (unpaired) electrons. The first-order valence-electron chi connectivity index (χ1n) is 10.0. The summed E-state index contributed by atoms with van der Waals surface area (Å²) >= 11 is 7.68. The summed E-state index contributed by atoms with van der Waals surface area (Å²) in [5.74, 6) is 2.46. The molecule has 0 N–H and O–H groups in total. The molecule has 0 unspecified atom stereocenters. The van der Waals surface area contributed by atoms with Gasteiger partial charge in [0.1, 0.15) is 12.4 Å². The van der Waals surface area contributed by atoms with Crippen LogP contribution >= 0.6 is 23.4 Å². The number of hydrogen-bond donors (Lipinski definition) is 0. The van der Waals surface area contributed by atoms with Crippen LogP contribution in [0, 0.1) is 6.92 Å². The molecule has 2 aromatic carbocycles. The van der Waals surface area contributed by atoms with Crippen molar-refractivity contribution in [1.29, 1.82) is 0 Å². The lowest BCUT2D eigenvalue weighted by atomic mass is 10.2. The molecular weight excluding hydrogens is 420 g/mol. The highest BCUT2D eigenvalue weighted by atomic mass is 35.5. The van der Waals surface area contributed by atoms with E-state index < -0.39 is 0 Å². The topological polar surface area (TPSA) is 52.4 Å². The van der Waals surface area contributed by atoms with Crippen molar-refractivity contribution in [2.24, 2.45) is 0 Å². The molecule has 4 rings (SSSR count). The third-order valence-corrected chi connectivity index (χ3v) is 6.08. The van der Waals surface area contributed by atoms with Gasteiger partial charge in [-0.25, -0.2) is 0 Å². The second-order valence-electron chi connectivity index (χ2n) is 7.11. The van der Waals surface area contributed by atoms with Crippen LogP contribution < -0.4 is 4.74 Å². The first-order chi connectivity index (χ1) is 14.7. The number of aryl methyl sites for hydroxylation is 1. The average molecular weight is 445 g/mol. The second kappa shape index (κ2) is 10.3. The molecule has 1 saturated heterocycles. The molecule has 6 nitrogen and oxygen atoms in total. The predicted molar refractivity (Wildman–Crippen MR) is 120 cm³/mol. The summed E-state index contributed by atoms with van der Waals surface area (Å²) in [4.78, 5) is 2.42. The molecule has 0 spiro atoms. The van der Waals surface area contributed by atoms with E-state index in [2.05, 4.69) is 50.9 Å². The number of benzene rings is 2. The quantitative estimate of drug-likeness (QED) is 0.484. The molecule has 0 atom stereocenters. The number of morpholine rings is 1. The number of rotatable bonds is 8. The summed E-state index contributed by atoms with van der Waals surface area (Å²) in [5.41, 5.74) is 2.25. The molecule has 1 aliphatic rings. The minimum Gasteiger partial charge on any atom is -0.486 e. The Kier molecular flexibility index (Phi) is 7.28. The molecule has 0 amide bonds. The normalized spacial score (nSPS) is 14.7. The Bertz CT molecular complexity index is 941. The summed E-state index contributed by atoms with van der Waals surface area (Å²) in [5, 5.41) is 10.4. The van der Waals surface area contributed by atoms with Gasteiger partial charge in [-0.3, -0.25) is 9.47 Å². The van der Waals surface area contributed by atoms with Crippen LogP contribution in [0.25, 0.3) is 5.69 Å². The third kappa shape index (κ3) is 5.55. The van der Waals surface area contributed by atoms with E-state index in [0.29, 0.717) is 11.6 Å². The van der Waals surface area contributed by atoms with Crippen LogP contribution in [-0.2, 0) is 11.3 Å². The van der Waals surface area contributed by atoms with Gasteiger partial charge in [0, 0.05) is 36.1 Å². The Hall–Kier alpha value is -2.06. The Balaban J connectivity index is 1.48. The highest BCUT2D eigenvalue weighted by Gasteiger charge is 2.16. The van der Waals surface area contributed by atoms with Gasteiger partial charge in [-0.05, 0) is 43.3 Å². The predicted octanol–water partition coefficient (Wildman–Crippen LogP) is 4.23. The van der Waals surface area contributed by atoms with Gasteiger partial charge < -0.3 is 9.47 Å². The Labute approximate surface area is 186 Å². The van der Waals surface area contributed by atoms with Crippen LogP contribution in [0.2, 0.25) is 5.02 Å². The van der Waals surface area contributed by atoms with Crippen molar-refractivity contribution in [1.82, 2.24) is 19.7 Å². The maximum absolute atomic E-state index is 5.96. The summed E-state index contributed by atoms with van der Waals surface area (Å²) in [6.45, 7) is 7.03. The number of nitrogens with zero attached hydrogens (tertiary/aromatic N) is 4. The van der Waals surface area contributed by atoms with Crippen molar-refractivity contribution in [2.45, 2.75) is 18.7 Å². The van der Waals surface area contributed by atoms with E-state index in [9.17, 15) is 0 Å². The third-order valence-electron chi connectivity index (χ3n) is 4.92. The van der Waals surface area contributed by atoms with Crippen LogP contribution in [0.1, 0.15) is 11.4 Å². The van der Waals surface area contributed by atoms with Crippen LogP contribution in [0.5, 0.6) is 5.75 Å². The maximum atomic E-state index is 5.96. The zero-order valence-corrected chi connectivity index (χ0v) is 18.5. The molecule has 158 valence electrons. The van der Waals surface area contributed by atoms with E-state index in [-0.39, 0.29) is 0 Å². The van der Waals surface area contributed by atoms with Crippen molar-refractivity contribution in [3.05, 3.63) is 64.9 Å². The number of thioether (sulfide) groups is 1. The van der Waals surface area contributed by atoms with E-state index >= 15 is 0 Å². The van der Waals surface area contributed by atoms with E-state index in [1.165, 1.54) is 5.56 Å². The maximum Gasteiger partial charge on any atom is 0.195 e. The lowest BCUT2D eigenvalue weighted by molar-refractivity contribution is 0.0410. The fourth-order valence-electron chi connectivity index (χ4n) is 3.21. The van der Waals surface area contributed by atoms with Gasteiger partial charge in [-0.2, -0.15) is 0 Å². The van der Waals surface area contributed by atoms with Gasteiger partial charge in [0.05, 0.1) is 13.2 Å². The van der Waals surface area contributed by atoms with Crippen LogP contribution in [0.15, 0.2) is 53.7 Å². The zero-order valence-electron chi connectivity index (χ0n) is 17.0. The molecule has 3 aromatic rings. The van der Waals surface area contributed by atoms with Gasteiger partial charge in [-0.1, -0.05) is 41.1 Å². The smallest absolute Gasteiger partial charge is 0.195 e. The van der Waals surface area contributed by atoms with Crippen molar-refractivity contribution in [3.8, 4) is 11.4 Å². The largest absolute Gasteiger partial charge is 0.486 e. The Morgan fingerprint density at radius 3 is 2.50 bits per heavy atom. The molecule has 0 bridgehead atoms. The highest BCUT2D eigenvalue weighted by molar-refractivity contribution is 7.99. The molecule has 1 fully saturated rings. The molecule has 0 aliphatic carbocycles. The lowest BCUT2D eigenvalue weighted by Crippen LogP contribution is -2.37. The minimum atomic E-state index is 0.326. The van der Waals surface area contributed by atoms with Crippen LogP contribution in [0.4, 0.5) is 0 Å². The van der Waals surface area contributed by atoms with Gasteiger partial charge >= 0.3 is 0 Å². The zero-order chi connectivity index (χ0) is 20.8. The van der Waals surface area contributed by atoms with Gasteiger partial charge in [0.25, 0.3) is 0 Å². The Morgan fingerprint density at radius 2 is 1.77 bits per heavy atom. The lowest BCUT2D eigenvalue weighted by Gasteiger charge is -2.26. The van der Waals surface area contributed by atoms with E-state index in [1.807, 2.05) is 24.3 Å². The van der Waals surface area contributed by atoms with Crippen LogP contribution in [0.3, 0.4) is 0 Å². The standard InChI is InChI=1S/C22H25ClN4O2S/c1-17-2-6-19(7-3-17)27-21(16-29-20-8-4-18(23)5-9-20)24-25-22(27)30-15-12-26-10-13-28-14-11-26/h2-9H,10-16H2,1H3. The number of aromatic nitrogens is 3. The Morgan fingerprint density at radius 1 is 1.03 bits per heavy atom. The first kappa shape index (κ1) is 21.2. The van der Waals surface area contributed by atoms with Gasteiger partial charge in [0.2, 0.25) is 0 Å². The van der Waals surface area contributed by atoms with E-state index in [4.69, 9.17) is 21.1 Å². The fourth-order valence-corrected chi connectivity index (χ4v) is 4.31. The summed E-state index contributed by atoms with van der Waals surface area (Å²) < 4.78 is 13.4. The van der Waals surface area contributed by atoms with E-state index in [1.54, 1.807) is 11.8 Å². The molecule has 8 heteroatoms. The van der Waals surface area contributed by atoms with Crippen molar-refractivity contribution < 1.29 is 9.47 Å². The van der Waals surface area contributed by atoms with Crippen molar-refractivity contribution in [2.75, 3.05) is 38.6 Å². The van der Waals surface area contributed by atoms with E-state index in [0.717, 1.165) is 61.0 Å². The second-order valence-corrected chi connectivity index (χ2v) is 8.61. The summed E-state index contributed by atoms with van der Waals surface area (Å²) in [6, 6.07) is 15.7. The van der Waals surface area contributed by atoms with Crippen LogP contribution in [-0.4, -0.2) is 58.3 Å². The molecule has 0 saturated carbocycles. The monoisotopic (exact) mass is 444 g/mol. The SMILES string of the molecule is Cc1ccc(-n2c(COc3ccc(Cl)cc3)nnc2SCCN2CCOCC2)cc1.